The van der Waals surface area contributed by atoms with Crippen molar-refractivity contribution >= 4 is 8.25 Å². The van der Waals surface area contributed by atoms with E-state index in [1.165, 1.54) is 34.6 Å². The van der Waals surface area contributed by atoms with Gasteiger partial charge in [0, 0.05) is 0 Å². The van der Waals surface area contributed by atoms with E-state index in [0.29, 0.717) is 0 Å². The molecule has 0 aromatic carbocycles. The van der Waals surface area contributed by atoms with E-state index in [1.807, 2.05) is 0 Å². The Morgan fingerprint density at radius 2 is 1.18 bits per heavy atom. The van der Waals surface area contributed by atoms with Gasteiger partial charge >= 0.3 is 8.25 Å². The van der Waals surface area contributed by atoms with Gasteiger partial charge in [-0.25, -0.2) is 13.9 Å². The zero-order chi connectivity index (χ0) is 19.5. The summed E-state index contributed by atoms with van der Waals surface area (Å²) in [5, 5.41) is 29.1. The van der Waals surface area contributed by atoms with Crippen molar-refractivity contribution < 1.29 is 23.8 Å². The maximum absolute atomic E-state index is 12.3. The monoisotopic (exact) mass is 410 g/mol. The standard InChI is InChI=1S/C18H27N4O5P/c23-17-15(11-19-21(17)13-7-3-1-4-8-13)26-28(25)27-16-12-20-22(18(16)24)14-9-5-2-6-10-14/h11-14,23-24,28H,1-10H2. The fourth-order valence-electron chi connectivity index (χ4n) is 4.21. The minimum atomic E-state index is -3.05. The third-order valence-corrected chi connectivity index (χ3v) is 6.47. The molecule has 2 aromatic heterocycles. The summed E-state index contributed by atoms with van der Waals surface area (Å²) >= 11 is 0. The highest BCUT2D eigenvalue weighted by Gasteiger charge is 2.25. The fraction of sp³-hybridized carbons (Fsp3) is 0.667. The molecule has 2 N–H and O–H groups in total. The Labute approximate surface area is 164 Å². The first-order chi connectivity index (χ1) is 13.6. The lowest BCUT2D eigenvalue weighted by Gasteiger charge is -2.22. The summed E-state index contributed by atoms with van der Waals surface area (Å²) in [5.74, 6) is -0.241. The molecule has 2 heterocycles. The van der Waals surface area contributed by atoms with Crippen molar-refractivity contribution in [3.63, 3.8) is 0 Å². The van der Waals surface area contributed by atoms with Gasteiger partial charge in [-0.2, -0.15) is 10.2 Å². The zero-order valence-corrected chi connectivity index (χ0v) is 16.8. The Kier molecular flexibility index (Phi) is 5.80. The van der Waals surface area contributed by atoms with Crippen LogP contribution in [-0.2, 0) is 4.57 Å². The summed E-state index contributed by atoms with van der Waals surface area (Å²) in [6, 6.07) is 0.263. The topological polar surface area (TPSA) is 112 Å². The van der Waals surface area contributed by atoms with E-state index in [2.05, 4.69) is 10.2 Å². The Balaban J connectivity index is 1.40. The number of nitrogens with zero attached hydrogens (tertiary/aromatic N) is 4. The van der Waals surface area contributed by atoms with Gasteiger partial charge in [-0.1, -0.05) is 38.5 Å². The number of hydrogen-bond acceptors (Lipinski definition) is 7. The molecular formula is C18H27N4O5P. The summed E-state index contributed by atoms with van der Waals surface area (Å²) in [4.78, 5) is 0. The lowest BCUT2D eigenvalue weighted by molar-refractivity contribution is 0.282. The SMILES string of the molecule is O=[PH](Oc1cnn(C2CCCCC2)c1O)Oc1cnn(C2CCCCC2)c1O. The van der Waals surface area contributed by atoms with Gasteiger partial charge in [-0.3, -0.25) is 0 Å². The van der Waals surface area contributed by atoms with Crippen molar-refractivity contribution in [1.82, 2.24) is 19.6 Å². The van der Waals surface area contributed by atoms with E-state index >= 15 is 0 Å². The molecule has 2 aromatic rings. The van der Waals surface area contributed by atoms with Crippen LogP contribution in [0, 0.1) is 0 Å². The van der Waals surface area contributed by atoms with Crippen molar-refractivity contribution in [3.8, 4) is 23.3 Å². The quantitative estimate of drug-likeness (QED) is 0.681. The number of hydrogen-bond donors (Lipinski definition) is 2. The summed E-state index contributed by atoms with van der Waals surface area (Å²) in [6.07, 6.45) is 13.3. The minimum Gasteiger partial charge on any atom is -0.491 e. The van der Waals surface area contributed by atoms with Crippen molar-refractivity contribution in [2.45, 2.75) is 76.3 Å². The highest BCUT2D eigenvalue weighted by atomic mass is 31.1. The molecule has 4 rings (SSSR count). The van der Waals surface area contributed by atoms with Crippen LogP contribution in [0.3, 0.4) is 0 Å². The number of aromatic hydroxyl groups is 2. The van der Waals surface area contributed by atoms with Crippen molar-refractivity contribution in [1.29, 1.82) is 0 Å². The lowest BCUT2D eigenvalue weighted by Crippen LogP contribution is -2.13. The molecule has 0 spiro atoms. The highest BCUT2D eigenvalue weighted by Crippen LogP contribution is 2.42. The first-order valence-corrected chi connectivity index (χ1v) is 11.3. The van der Waals surface area contributed by atoms with Crippen LogP contribution in [0.1, 0.15) is 76.3 Å². The second-order valence-corrected chi connectivity index (χ2v) is 8.50. The van der Waals surface area contributed by atoms with Gasteiger partial charge in [0.15, 0.2) is 0 Å². The largest absolute Gasteiger partial charge is 0.491 e. The van der Waals surface area contributed by atoms with Crippen LogP contribution < -0.4 is 9.05 Å². The molecule has 0 atom stereocenters. The summed E-state index contributed by atoms with van der Waals surface area (Å²) < 4.78 is 25.9. The third-order valence-electron chi connectivity index (χ3n) is 5.70. The third kappa shape index (κ3) is 3.99. The van der Waals surface area contributed by atoms with Crippen molar-refractivity contribution in [2.24, 2.45) is 0 Å². The molecule has 10 heteroatoms. The predicted octanol–water partition coefficient (Wildman–Crippen LogP) is 4.35. The van der Waals surface area contributed by atoms with Gasteiger partial charge in [0.1, 0.15) is 0 Å². The molecular weight excluding hydrogens is 383 g/mol. The second kappa shape index (κ2) is 8.47. The molecule has 9 nitrogen and oxygen atoms in total. The second-order valence-electron chi connectivity index (χ2n) is 7.59. The van der Waals surface area contributed by atoms with Gasteiger partial charge in [-0.15, -0.1) is 0 Å². The normalized spacial score (nSPS) is 19.2. The Morgan fingerprint density at radius 1 is 0.786 bits per heavy atom. The van der Waals surface area contributed by atoms with E-state index in [4.69, 9.17) is 9.05 Å². The van der Waals surface area contributed by atoms with Gasteiger partial charge in [0.2, 0.25) is 11.5 Å². The van der Waals surface area contributed by atoms with Gasteiger partial charge in [0.05, 0.1) is 24.5 Å². The van der Waals surface area contributed by atoms with Crippen LogP contribution in [0.5, 0.6) is 23.3 Å². The minimum absolute atomic E-state index is 0.0219. The van der Waals surface area contributed by atoms with Crippen LogP contribution >= 0.6 is 8.25 Å². The van der Waals surface area contributed by atoms with E-state index in [-0.39, 0.29) is 35.3 Å². The van der Waals surface area contributed by atoms with Gasteiger partial charge in [-0.05, 0) is 25.7 Å². The highest BCUT2D eigenvalue weighted by molar-refractivity contribution is 7.34. The van der Waals surface area contributed by atoms with E-state index in [0.717, 1.165) is 51.4 Å². The van der Waals surface area contributed by atoms with Crippen LogP contribution in [0.2, 0.25) is 0 Å². The van der Waals surface area contributed by atoms with Crippen LogP contribution in [0.4, 0.5) is 0 Å². The summed E-state index contributed by atoms with van der Waals surface area (Å²) in [6.45, 7) is 0. The molecule has 2 aliphatic rings. The van der Waals surface area contributed by atoms with Gasteiger partial charge in [0.25, 0.3) is 11.8 Å². The van der Waals surface area contributed by atoms with E-state index in [1.54, 1.807) is 0 Å². The van der Waals surface area contributed by atoms with Crippen LogP contribution in [-0.4, -0.2) is 29.8 Å². The molecule has 2 aliphatic carbocycles. The zero-order valence-electron chi connectivity index (χ0n) is 15.8. The molecule has 154 valence electrons. The molecule has 2 fully saturated rings. The van der Waals surface area contributed by atoms with Crippen molar-refractivity contribution in [3.05, 3.63) is 12.4 Å². The molecule has 0 aliphatic heterocycles. The van der Waals surface area contributed by atoms with E-state index < -0.39 is 8.25 Å². The Bertz CT molecular complexity index is 758. The first kappa shape index (κ1) is 19.2. The molecule has 0 bridgehead atoms. The Hall–Kier alpha value is -2.15. The lowest BCUT2D eigenvalue weighted by atomic mass is 9.96. The smallest absolute Gasteiger partial charge is 0.419 e. The molecule has 0 radical (unpaired) electrons. The molecule has 28 heavy (non-hydrogen) atoms. The maximum Gasteiger partial charge on any atom is 0.419 e. The number of aromatic nitrogens is 4. The average Bonchev–Trinajstić information content (AvgIpc) is 3.26. The van der Waals surface area contributed by atoms with E-state index in [9.17, 15) is 14.8 Å². The van der Waals surface area contributed by atoms with Crippen LogP contribution in [0.25, 0.3) is 0 Å². The molecule has 0 amide bonds. The molecule has 0 unspecified atom stereocenters. The van der Waals surface area contributed by atoms with Gasteiger partial charge < -0.3 is 19.3 Å². The first-order valence-electron chi connectivity index (χ1n) is 10.1. The van der Waals surface area contributed by atoms with Crippen molar-refractivity contribution in [2.75, 3.05) is 0 Å². The summed E-state index contributed by atoms with van der Waals surface area (Å²) in [5.41, 5.74) is 0. The Morgan fingerprint density at radius 3 is 1.57 bits per heavy atom. The molecule has 0 saturated heterocycles. The summed E-state index contributed by atoms with van der Waals surface area (Å²) in [7, 11) is -3.05. The maximum atomic E-state index is 12.3. The predicted molar refractivity (Wildman–Crippen MR) is 102 cm³/mol. The fourth-order valence-corrected chi connectivity index (χ4v) is 4.90. The average molecular weight is 410 g/mol. The number of rotatable bonds is 6. The van der Waals surface area contributed by atoms with Crippen LogP contribution in [0.15, 0.2) is 12.4 Å². The molecule has 2 saturated carbocycles.